The molecule has 3 aromatic carbocycles. The molecule has 0 aromatic heterocycles. The van der Waals surface area contributed by atoms with E-state index < -0.39 is 162 Å². The maximum Gasteiger partial charge on any atom is 0.256 e. The number of aliphatic hydroxyl groups is 12. The first-order valence-electron chi connectivity index (χ1n) is 25.0. The van der Waals surface area contributed by atoms with Crippen LogP contribution >= 0.6 is 203 Å². The maximum atomic E-state index is 15.5. The SMILES string of the molecule is CN(CC(O)CO)C(=O)c1c(I)c(NC(=O)C(O)CO)c(I)c(C(=O)NCCN(CCNC(=O)c2c(I)c(NC(=O)C(O)CO)c(I)c(C(=O)N(C)CC(O)CO)c2I)C(=O)c2c(I)c(NC(=O)C(O)CO)c(I)c(C(=O)N(C)CC(O)CO)c2I)c1I. The van der Waals surface area contributed by atoms with Crippen LogP contribution in [-0.4, -0.2) is 277 Å². The Balaban J connectivity index is 2.37. The summed E-state index contributed by atoms with van der Waals surface area (Å²) in [5, 5.41) is 131. The summed E-state index contributed by atoms with van der Waals surface area (Å²) in [5.74, 6) is -8.55. The van der Waals surface area contributed by atoms with Crippen molar-refractivity contribution in [3.63, 3.8) is 0 Å². The van der Waals surface area contributed by atoms with Crippen LogP contribution in [0.1, 0.15) is 62.1 Å². The van der Waals surface area contributed by atoms with Crippen LogP contribution in [0.25, 0.3) is 0 Å². The molecule has 9 amide bonds. The van der Waals surface area contributed by atoms with Crippen LogP contribution in [-0.2, 0) is 14.4 Å². The number of carbonyl (C=O) groups excluding carboxylic acids is 9. The van der Waals surface area contributed by atoms with Crippen molar-refractivity contribution < 1.29 is 104 Å². The molecule has 0 aliphatic carbocycles. The van der Waals surface area contributed by atoms with E-state index in [-0.39, 0.29) is 95.7 Å². The average Bonchev–Trinajstić information content (AvgIpc) is 1.64. The Labute approximate surface area is 624 Å². The number of nitrogens with one attached hydrogen (secondary N) is 5. The van der Waals surface area contributed by atoms with Gasteiger partial charge in [0, 0.05) is 77.7 Å². The van der Waals surface area contributed by atoms with E-state index in [1.807, 2.05) is 0 Å². The number of anilines is 3. The molecule has 0 spiro atoms. The molecule has 0 saturated heterocycles. The molecule has 3 rings (SSSR count). The molecule has 6 unspecified atom stereocenters. The van der Waals surface area contributed by atoms with Crippen molar-refractivity contribution in [2.24, 2.45) is 0 Å². The first-order valence-corrected chi connectivity index (χ1v) is 34.8. The molecular formula is C49H58I9N9O21. The van der Waals surface area contributed by atoms with E-state index in [2.05, 4.69) is 26.6 Å². The number of likely N-dealkylation sites (N-methyl/N-ethyl adjacent to an activating group) is 3. The normalized spacial score (nSPS) is 13.3. The Morgan fingerprint density at radius 1 is 0.352 bits per heavy atom. The van der Waals surface area contributed by atoms with Gasteiger partial charge >= 0.3 is 0 Å². The molecule has 6 atom stereocenters. The summed E-state index contributed by atoms with van der Waals surface area (Å²) in [7, 11) is 3.89. The summed E-state index contributed by atoms with van der Waals surface area (Å²) in [5.41, 5.74) is -1.75. The van der Waals surface area contributed by atoms with Gasteiger partial charge in [-0.15, -0.1) is 0 Å². The standard InChI is InChI=1S/C49H58I9N9O21/c1-64(8-17(74)11-68)46(85)25-29(50)23(32(53)38(34(25)55)61-41(80)20(77)14-71)44(83)59-4-6-67(49(88)28-31(52)27(48(87)66(3)10-19(76)13-70)36(57)40(37(28)58)63-43(82)22(79)16-73)7-5-60-45(84)24-30(51)26(47(86)65(2)9-18(75)12-69)35(56)39(33(24)54)62-42(81)21(78)15-72/h17-22,68-79H,4-16H2,1-3H3,(H,59,83)(H,60,84)(H,61,80)(H,62,81)(H,63,82). The smallest absolute Gasteiger partial charge is 0.256 e. The third-order valence-electron chi connectivity index (χ3n) is 12.2. The molecule has 39 heteroatoms. The molecule has 0 aliphatic heterocycles. The number of hydrogen-bond acceptors (Lipinski definition) is 21. The van der Waals surface area contributed by atoms with Crippen molar-refractivity contribution in [2.75, 3.05) is 123 Å². The zero-order chi connectivity index (χ0) is 67.1. The molecule has 17 N–H and O–H groups in total. The van der Waals surface area contributed by atoms with Gasteiger partial charge in [-0.1, -0.05) is 0 Å². The van der Waals surface area contributed by atoms with Gasteiger partial charge in [-0.05, 0) is 203 Å². The highest BCUT2D eigenvalue weighted by molar-refractivity contribution is 14.1. The van der Waals surface area contributed by atoms with Gasteiger partial charge in [0.1, 0.15) is 0 Å². The van der Waals surface area contributed by atoms with Crippen molar-refractivity contribution in [1.82, 2.24) is 30.2 Å². The van der Waals surface area contributed by atoms with Gasteiger partial charge in [0.15, 0.2) is 18.3 Å². The summed E-state index contributed by atoms with van der Waals surface area (Å²) in [4.78, 5) is 131. The first kappa shape index (κ1) is 81.2. The minimum absolute atomic E-state index is 0.0135. The molecule has 0 saturated carbocycles. The van der Waals surface area contributed by atoms with Crippen molar-refractivity contribution in [2.45, 2.75) is 36.6 Å². The quantitative estimate of drug-likeness (QED) is 0.0341. The third-order valence-corrected chi connectivity index (χ3v) is 21.9. The number of nitrogens with zero attached hydrogens (tertiary/aromatic N) is 4. The summed E-state index contributed by atoms with van der Waals surface area (Å²) in [6.45, 7) is -8.27. The number of hydrogen-bond donors (Lipinski definition) is 17. The van der Waals surface area contributed by atoms with E-state index in [0.29, 0.717) is 0 Å². The lowest BCUT2D eigenvalue weighted by Gasteiger charge is -2.28. The second kappa shape index (κ2) is 37.9. The fourth-order valence-electron chi connectivity index (χ4n) is 7.54. The van der Waals surface area contributed by atoms with Gasteiger partial charge in [0.05, 0.1) is 130 Å². The molecule has 0 heterocycles. The van der Waals surface area contributed by atoms with Gasteiger partial charge in [-0.3, -0.25) is 43.2 Å². The first-order chi connectivity index (χ1) is 41.1. The van der Waals surface area contributed by atoms with Crippen LogP contribution in [0.5, 0.6) is 0 Å². The van der Waals surface area contributed by atoms with Crippen LogP contribution in [0.15, 0.2) is 0 Å². The Morgan fingerprint density at radius 2 is 0.580 bits per heavy atom. The zero-order valence-electron chi connectivity index (χ0n) is 45.9. The van der Waals surface area contributed by atoms with E-state index >= 15 is 4.79 Å². The van der Waals surface area contributed by atoms with E-state index in [0.717, 1.165) is 19.6 Å². The van der Waals surface area contributed by atoms with Crippen LogP contribution in [0.4, 0.5) is 17.1 Å². The molecule has 0 radical (unpaired) electrons. The Kier molecular flexibility index (Phi) is 35.0. The second-order valence-corrected chi connectivity index (χ2v) is 28.3. The largest absolute Gasteiger partial charge is 0.394 e. The number of halogens is 9. The Morgan fingerprint density at radius 3 is 0.818 bits per heavy atom. The van der Waals surface area contributed by atoms with Gasteiger partial charge < -0.3 is 107 Å². The van der Waals surface area contributed by atoms with Crippen molar-refractivity contribution in [3.05, 3.63) is 65.5 Å². The van der Waals surface area contributed by atoms with Gasteiger partial charge in [0.2, 0.25) is 0 Å². The van der Waals surface area contributed by atoms with Crippen molar-refractivity contribution in [1.29, 1.82) is 0 Å². The minimum atomic E-state index is -1.99. The predicted molar refractivity (Wildman–Crippen MR) is 390 cm³/mol. The highest BCUT2D eigenvalue weighted by Crippen LogP contribution is 2.40. The van der Waals surface area contributed by atoms with Crippen LogP contribution < -0.4 is 26.6 Å². The average molecular weight is 2250 g/mol. The highest BCUT2D eigenvalue weighted by Gasteiger charge is 2.36. The zero-order valence-corrected chi connectivity index (χ0v) is 65.3. The Hall–Kier alpha value is -1.02. The Bertz CT molecular complexity index is 3020. The van der Waals surface area contributed by atoms with E-state index in [4.69, 9.17) is 0 Å². The maximum absolute atomic E-state index is 15.5. The van der Waals surface area contributed by atoms with Gasteiger partial charge in [-0.2, -0.15) is 0 Å². The van der Waals surface area contributed by atoms with Crippen molar-refractivity contribution >= 4 is 274 Å². The van der Waals surface area contributed by atoms with E-state index in [1.165, 1.54) is 21.1 Å². The summed E-state index contributed by atoms with van der Waals surface area (Å²) >= 11 is 15.5. The summed E-state index contributed by atoms with van der Waals surface area (Å²) in [6, 6.07) is 0. The van der Waals surface area contributed by atoms with Crippen LogP contribution in [0.2, 0.25) is 0 Å². The molecule has 0 bridgehead atoms. The molecule has 0 aliphatic rings. The third kappa shape index (κ3) is 20.5. The lowest BCUT2D eigenvalue weighted by Crippen LogP contribution is -2.44. The van der Waals surface area contributed by atoms with E-state index in [9.17, 15) is 99.6 Å². The summed E-state index contributed by atoms with van der Waals surface area (Å²) < 4.78 is 0.162. The lowest BCUT2D eigenvalue weighted by atomic mass is 10.1. The van der Waals surface area contributed by atoms with Gasteiger partial charge in [0.25, 0.3) is 53.2 Å². The van der Waals surface area contributed by atoms with Gasteiger partial charge in [-0.25, -0.2) is 0 Å². The number of aliphatic hydroxyl groups excluding tert-OH is 12. The number of rotatable bonds is 30. The topological polar surface area (TPSA) is 470 Å². The summed E-state index contributed by atoms with van der Waals surface area (Å²) in [6.07, 6.45) is -10.1. The molecule has 0 fully saturated rings. The molecular weight excluding hydrogens is 2190 g/mol. The molecule has 488 valence electrons. The number of amides is 9. The lowest BCUT2D eigenvalue weighted by molar-refractivity contribution is -0.126. The van der Waals surface area contributed by atoms with Crippen molar-refractivity contribution in [3.8, 4) is 0 Å². The van der Waals surface area contributed by atoms with Crippen LogP contribution in [0, 0.1) is 32.1 Å². The predicted octanol–water partition coefficient (Wildman–Crippen LogP) is -1.42. The molecule has 88 heavy (non-hydrogen) atoms. The monoisotopic (exact) mass is 2250 g/mol. The second-order valence-electron chi connectivity index (χ2n) is 18.6. The molecule has 3 aromatic rings. The number of benzene rings is 3. The highest BCUT2D eigenvalue weighted by atomic mass is 127. The van der Waals surface area contributed by atoms with Crippen LogP contribution in [0.3, 0.4) is 0 Å². The van der Waals surface area contributed by atoms with E-state index in [1.54, 1.807) is 203 Å². The fourth-order valence-corrected chi connectivity index (χ4v) is 20.7. The molecule has 30 nitrogen and oxygen atoms in total. The number of carbonyl (C=O) groups is 9. The minimum Gasteiger partial charge on any atom is -0.394 e. The fraction of sp³-hybridized carbons (Fsp3) is 0.449.